The minimum atomic E-state index is -2.72. The highest BCUT2D eigenvalue weighted by atomic mass is 16.3. The number of carbonyl (C=O) groups is 5. The number of fused-ring (bicyclic) bond motifs is 3. The summed E-state index contributed by atoms with van der Waals surface area (Å²) in [5.74, 6) is -7.35. The first-order valence-corrected chi connectivity index (χ1v) is 13.8. The average molecular weight is 605 g/mol. The summed E-state index contributed by atoms with van der Waals surface area (Å²) in [5.41, 5.74) is 3.04. The van der Waals surface area contributed by atoms with Gasteiger partial charge in [-0.25, -0.2) is 4.79 Å². The highest BCUT2D eigenvalue weighted by Crippen LogP contribution is 2.52. The van der Waals surface area contributed by atoms with Gasteiger partial charge in [0, 0.05) is 34.9 Å². The Hall–Kier alpha value is -5.01. The summed E-state index contributed by atoms with van der Waals surface area (Å²) in [6, 6.07) is 7.70. The third-order valence-electron chi connectivity index (χ3n) is 8.67. The lowest BCUT2D eigenvalue weighted by Gasteiger charge is -2.50. The zero-order valence-corrected chi connectivity index (χ0v) is 24.2. The molecule has 4 unspecified atom stereocenters. The van der Waals surface area contributed by atoms with E-state index in [2.05, 4.69) is 10.6 Å². The predicted molar refractivity (Wildman–Crippen MR) is 157 cm³/mol. The van der Waals surface area contributed by atoms with Gasteiger partial charge < -0.3 is 36.8 Å². The summed E-state index contributed by atoms with van der Waals surface area (Å²) in [6.45, 7) is 1.26. The van der Waals surface area contributed by atoms with E-state index in [1.807, 2.05) is 0 Å². The average Bonchev–Trinajstić information content (AvgIpc) is 2.94. The highest BCUT2D eigenvalue weighted by molar-refractivity contribution is 6.24. The van der Waals surface area contributed by atoms with Gasteiger partial charge in [0.1, 0.15) is 22.8 Å². The Kier molecular flexibility index (Phi) is 7.56. The van der Waals surface area contributed by atoms with E-state index in [1.54, 1.807) is 36.4 Å². The summed E-state index contributed by atoms with van der Waals surface area (Å²) >= 11 is 0. The molecule has 2 aromatic carbocycles. The SMILES string of the molecule is CC(=O)c1ccc(NC(=O)NCc2ccc3c(c2O)C(O)=C2C(=O)C4(O)C(O)=C(C(N)=O)C(=O)C(N(C)C)C4CC2C3)cc1. The van der Waals surface area contributed by atoms with Crippen molar-refractivity contribution in [2.24, 2.45) is 17.6 Å². The summed E-state index contributed by atoms with van der Waals surface area (Å²) < 4.78 is 0. The number of aromatic hydroxyl groups is 1. The second kappa shape index (κ2) is 10.9. The Bertz CT molecular complexity index is 1690. The van der Waals surface area contributed by atoms with E-state index in [4.69, 9.17) is 5.73 Å². The molecule has 2 aromatic rings. The highest BCUT2D eigenvalue weighted by Gasteiger charge is 2.64. The molecular formula is C31H32N4O9. The molecule has 13 heteroatoms. The Morgan fingerprint density at radius 2 is 1.70 bits per heavy atom. The molecule has 4 atom stereocenters. The molecule has 0 heterocycles. The Balaban J connectivity index is 1.45. The van der Waals surface area contributed by atoms with Gasteiger partial charge in [0.25, 0.3) is 5.91 Å². The van der Waals surface area contributed by atoms with Crippen molar-refractivity contribution in [2.75, 3.05) is 19.4 Å². The van der Waals surface area contributed by atoms with E-state index >= 15 is 0 Å². The minimum Gasteiger partial charge on any atom is -0.508 e. The van der Waals surface area contributed by atoms with Gasteiger partial charge in [-0.1, -0.05) is 12.1 Å². The number of nitrogens with zero attached hydrogens (tertiary/aromatic N) is 1. The van der Waals surface area contributed by atoms with Crippen molar-refractivity contribution in [3.05, 3.63) is 75.6 Å². The number of nitrogens with one attached hydrogen (secondary N) is 2. The summed E-state index contributed by atoms with van der Waals surface area (Å²) in [7, 11) is 3.07. The number of rotatable bonds is 6. The summed E-state index contributed by atoms with van der Waals surface area (Å²) in [4.78, 5) is 64.6. The smallest absolute Gasteiger partial charge is 0.319 e. The fourth-order valence-electron chi connectivity index (χ4n) is 6.54. The molecule has 0 saturated heterocycles. The van der Waals surface area contributed by atoms with Gasteiger partial charge in [0.05, 0.1) is 11.6 Å². The van der Waals surface area contributed by atoms with E-state index in [9.17, 15) is 44.4 Å². The number of phenols is 1. The van der Waals surface area contributed by atoms with Gasteiger partial charge in [-0.2, -0.15) is 0 Å². The van der Waals surface area contributed by atoms with Gasteiger partial charge in [-0.15, -0.1) is 0 Å². The maximum absolute atomic E-state index is 13.9. The number of Topliss-reactive ketones (excluding diaryl/α,β-unsaturated/α-hetero) is 3. The van der Waals surface area contributed by atoms with Gasteiger partial charge in [-0.05, 0) is 69.6 Å². The van der Waals surface area contributed by atoms with Crippen molar-refractivity contribution < 1.29 is 44.4 Å². The number of amides is 3. The molecule has 0 aromatic heterocycles. The normalized spacial score (nSPS) is 24.4. The maximum atomic E-state index is 13.9. The number of nitrogens with two attached hydrogens (primary N) is 1. The van der Waals surface area contributed by atoms with Crippen LogP contribution >= 0.6 is 0 Å². The van der Waals surface area contributed by atoms with E-state index in [0.717, 1.165) is 0 Å². The van der Waals surface area contributed by atoms with Gasteiger partial charge >= 0.3 is 6.03 Å². The topological polar surface area (TPSA) is 220 Å². The number of hydrogen-bond donors (Lipinski definition) is 7. The van der Waals surface area contributed by atoms with Crippen LogP contribution in [0.4, 0.5) is 10.5 Å². The van der Waals surface area contributed by atoms with Gasteiger partial charge in [-0.3, -0.25) is 24.1 Å². The van der Waals surface area contributed by atoms with Crippen molar-refractivity contribution in [1.29, 1.82) is 0 Å². The fraction of sp³-hybridized carbons (Fsp3) is 0.323. The van der Waals surface area contributed by atoms with Crippen molar-refractivity contribution >= 4 is 40.7 Å². The zero-order chi connectivity index (χ0) is 32.2. The first-order chi connectivity index (χ1) is 20.7. The number of aliphatic hydroxyl groups is 3. The van der Waals surface area contributed by atoms with E-state index < -0.39 is 69.8 Å². The predicted octanol–water partition coefficient (Wildman–Crippen LogP) is 1.49. The number of ketones is 3. The van der Waals surface area contributed by atoms with Crippen LogP contribution in [0.15, 0.2) is 53.3 Å². The van der Waals surface area contributed by atoms with Crippen LogP contribution in [0.2, 0.25) is 0 Å². The molecule has 8 N–H and O–H groups in total. The summed E-state index contributed by atoms with van der Waals surface area (Å²) in [5, 5.41) is 50.3. The van der Waals surface area contributed by atoms with Crippen molar-refractivity contribution in [3.63, 3.8) is 0 Å². The number of phenolic OH excluding ortho intramolecular Hbond substituents is 1. The molecule has 0 bridgehead atoms. The molecule has 3 amide bonds. The van der Waals surface area contributed by atoms with Crippen LogP contribution in [-0.2, 0) is 27.3 Å². The van der Waals surface area contributed by atoms with Crippen LogP contribution in [-0.4, -0.2) is 80.4 Å². The molecule has 13 nitrogen and oxygen atoms in total. The molecule has 0 aliphatic heterocycles. The molecule has 230 valence electrons. The minimum absolute atomic E-state index is 0.0105. The molecular weight excluding hydrogens is 572 g/mol. The number of anilines is 1. The van der Waals surface area contributed by atoms with Crippen molar-refractivity contribution in [1.82, 2.24) is 10.2 Å². The number of aliphatic hydroxyl groups excluding tert-OH is 2. The first kappa shape index (κ1) is 30.4. The molecule has 3 aliphatic carbocycles. The van der Waals surface area contributed by atoms with Crippen LogP contribution in [0.1, 0.15) is 40.4 Å². The number of primary amides is 1. The lowest BCUT2D eigenvalue weighted by molar-refractivity contribution is -0.153. The van der Waals surface area contributed by atoms with Crippen LogP contribution < -0.4 is 16.4 Å². The maximum Gasteiger partial charge on any atom is 0.319 e. The number of benzene rings is 2. The van der Waals surface area contributed by atoms with Gasteiger partial charge in [0.2, 0.25) is 5.78 Å². The molecule has 1 saturated carbocycles. The monoisotopic (exact) mass is 604 g/mol. The van der Waals surface area contributed by atoms with E-state index in [-0.39, 0.29) is 41.9 Å². The van der Waals surface area contributed by atoms with Crippen LogP contribution in [0.5, 0.6) is 5.75 Å². The standard InChI is InChI=1S/C31H32N4O9/c1-13(36)14-6-8-18(9-7-14)34-30(43)33-12-16-5-4-15-10-17-11-19-23(35(2)3)26(39)22(29(32)42)28(41)31(19,44)27(40)21(17)25(38)20(15)24(16)37/h4-9,17,19,23,37-38,41,44H,10-12H2,1-3H3,(H2,32,42)(H2,33,34,43). The quantitative estimate of drug-likeness (QED) is 0.186. The molecule has 1 fully saturated rings. The third-order valence-corrected chi connectivity index (χ3v) is 8.67. The fourth-order valence-corrected chi connectivity index (χ4v) is 6.54. The molecule has 3 aliphatic rings. The molecule has 0 spiro atoms. The number of hydrogen-bond acceptors (Lipinski definition) is 10. The first-order valence-electron chi connectivity index (χ1n) is 13.8. The van der Waals surface area contributed by atoms with Crippen LogP contribution in [0, 0.1) is 11.8 Å². The third kappa shape index (κ3) is 4.70. The lowest BCUT2D eigenvalue weighted by Crippen LogP contribution is -2.65. The summed E-state index contributed by atoms with van der Waals surface area (Å²) in [6.07, 6.45) is 0.149. The Morgan fingerprint density at radius 3 is 2.30 bits per heavy atom. The van der Waals surface area contributed by atoms with Crippen molar-refractivity contribution in [3.8, 4) is 5.75 Å². The number of urea groups is 1. The van der Waals surface area contributed by atoms with Gasteiger partial charge in [0.15, 0.2) is 17.2 Å². The van der Waals surface area contributed by atoms with E-state index in [0.29, 0.717) is 16.8 Å². The zero-order valence-electron chi connectivity index (χ0n) is 24.2. The molecule has 5 rings (SSSR count). The second-order valence-corrected chi connectivity index (χ2v) is 11.5. The lowest BCUT2D eigenvalue weighted by atomic mass is 9.57. The molecule has 44 heavy (non-hydrogen) atoms. The van der Waals surface area contributed by atoms with E-state index in [1.165, 1.54) is 25.9 Å². The number of carbonyl (C=O) groups excluding carboxylic acids is 5. The number of likely N-dealkylation sites (N-methyl/N-ethyl adjacent to an activating group) is 1. The second-order valence-electron chi connectivity index (χ2n) is 11.5. The van der Waals surface area contributed by atoms with Crippen LogP contribution in [0.3, 0.4) is 0 Å². The largest absolute Gasteiger partial charge is 0.508 e. The van der Waals surface area contributed by atoms with Crippen LogP contribution in [0.25, 0.3) is 5.76 Å². The molecule has 0 radical (unpaired) electrons. The Morgan fingerprint density at radius 1 is 1.05 bits per heavy atom. The van der Waals surface area contributed by atoms with Crippen molar-refractivity contribution in [2.45, 2.75) is 38.0 Å². The Labute approximate surface area is 251 Å².